The van der Waals surface area contributed by atoms with Crippen LogP contribution in [-0.2, 0) is 11.2 Å². The van der Waals surface area contributed by atoms with Gasteiger partial charge in [0.05, 0.1) is 12.6 Å². The minimum absolute atomic E-state index is 0.0639. The molecule has 4 nitrogen and oxygen atoms in total. The maximum Gasteiger partial charge on any atom is 0.223 e. The van der Waals surface area contributed by atoms with Crippen LogP contribution in [0.3, 0.4) is 0 Å². The molecule has 23 heavy (non-hydrogen) atoms. The van der Waals surface area contributed by atoms with Crippen molar-refractivity contribution in [1.29, 1.82) is 0 Å². The number of hydrogen-bond donors (Lipinski definition) is 2. The molecule has 1 saturated heterocycles. The zero-order valence-corrected chi connectivity index (χ0v) is 14.6. The van der Waals surface area contributed by atoms with Gasteiger partial charge in [-0.1, -0.05) is 31.2 Å². The van der Waals surface area contributed by atoms with E-state index in [2.05, 4.69) is 43.1 Å². The standard InChI is InChI=1S/C19H30N2O2/c1-4-15-5-7-16(8-6-15)18(13-22)20-19(23)17-9-11-21(12-10-17)14(2)3/h5-8,14,17-18,22H,4,9-13H2,1-3H3,(H,20,23). The summed E-state index contributed by atoms with van der Waals surface area (Å²) in [5, 5.41) is 12.7. The van der Waals surface area contributed by atoms with Crippen molar-refractivity contribution < 1.29 is 9.90 Å². The lowest BCUT2D eigenvalue weighted by atomic mass is 9.94. The molecule has 0 bridgehead atoms. The summed E-state index contributed by atoms with van der Waals surface area (Å²) in [5.74, 6) is 0.140. The zero-order valence-electron chi connectivity index (χ0n) is 14.6. The minimum atomic E-state index is -0.309. The maximum atomic E-state index is 12.5. The van der Waals surface area contributed by atoms with Gasteiger partial charge in [0.2, 0.25) is 5.91 Å². The second-order valence-electron chi connectivity index (χ2n) is 6.74. The minimum Gasteiger partial charge on any atom is -0.394 e. The fourth-order valence-electron chi connectivity index (χ4n) is 3.19. The quantitative estimate of drug-likeness (QED) is 0.847. The molecule has 0 aliphatic carbocycles. The summed E-state index contributed by atoms with van der Waals surface area (Å²) in [4.78, 5) is 14.9. The molecular weight excluding hydrogens is 288 g/mol. The molecule has 0 saturated carbocycles. The van der Waals surface area contributed by atoms with Gasteiger partial charge in [0.1, 0.15) is 0 Å². The van der Waals surface area contributed by atoms with E-state index in [4.69, 9.17) is 0 Å². The Morgan fingerprint density at radius 1 is 1.26 bits per heavy atom. The van der Waals surface area contributed by atoms with Crippen LogP contribution in [0.4, 0.5) is 0 Å². The number of rotatable bonds is 6. The predicted octanol–water partition coefficient (Wildman–Crippen LogP) is 2.52. The van der Waals surface area contributed by atoms with Crippen LogP contribution in [0.1, 0.15) is 50.8 Å². The Morgan fingerprint density at radius 3 is 2.35 bits per heavy atom. The molecular formula is C19H30N2O2. The lowest BCUT2D eigenvalue weighted by Gasteiger charge is -2.34. The molecule has 128 valence electrons. The van der Waals surface area contributed by atoms with Gasteiger partial charge in [0, 0.05) is 12.0 Å². The molecule has 0 aromatic heterocycles. The smallest absolute Gasteiger partial charge is 0.223 e. The van der Waals surface area contributed by atoms with Crippen molar-refractivity contribution in [1.82, 2.24) is 10.2 Å². The molecule has 0 radical (unpaired) electrons. The van der Waals surface area contributed by atoms with E-state index in [9.17, 15) is 9.90 Å². The van der Waals surface area contributed by atoms with Crippen LogP contribution in [-0.4, -0.2) is 41.7 Å². The van der Waals surface area contributed by atoms with Crippen LogP contribution in [0.15, 0.2) is 24.3 Å². The van der Waals surface area contributed by atoms with E-state index in [1.165, 1.54) is 5.56 Å². The second kappa shape index (κ2) is 8.46. The number of amides is 1. The Hall–Kier alpha value is -1.39. The van der Waals surface area contributed by atoms with Crippen LogP contribution < -0.4 is 5.32 Å². The topological polar surface area (TPSA) is 52.6 Å². The zero-order chi connectivity index (χ0) is 16.8. The first-order valence-electron chi connectivity index (χ1n) is 8.79. The van der Waals surface area contributed by atoms with Crippen molar-refractivity contribution >= 4 is 5.91 Å². The van der Waals surface area contributed by atoms with Gasteiger partial charge in [0.15, 0.2) is 0 Å². The first kappa shape index (κ1) is 18.0. The van der Waals surface area contributed by atoms with Gasteiger partial charge < -0.3 is 15.3 Å². The summed E-state index contributed by atoms with van der Waals surface area (Å²) in [6.45, 7) is 8.39. The predicted molar refractivity (Wildman–Crippen MR) is 93.2 cm³/mol. The Morgan fingerprint density at radius 2 is 1.87 bits per heavy atom. The second-order valence-corrected chi connectivity index (χ2v) is 6.74. The number of hydrogen-bond acceptors (Lipinski definition) is 3. The SMILES string of the molecule is CCc1ccc(C(CO)NC(=O)C2CCN(C(C)C)CC2)cc1. The largest absolute Gasteiger partial charge is 0.394 e. The lowest BCUT2D eigenvalue weighted by molar-refractivity contribution is -0.127. The summed E-state index contributed by atoms with van der Waals surface area (Å²) in [5.41, 5.74) is 2.23. The Bertz CT molecular complexity index is 491. The molecule has 2 rings (SSSR count). The number of aliphatic hydroxyl groups is 1. The highest BCUT2D eigenvalue weighted by Crippen LogP contribution is 2.21. The number of nitrogens with one attached hydrogen (secondary N) is 1. The summed E-state index contributed by atoms with van der Waals surface area (Å²) in [7, 11) is 0. The fraction of sp³-hybridized carbons (Fsp3) is 0.632. The number of piperidine rings is 1. The third kappa shape index (κ3) is 4.79. The average Bonchev–Trinajstić information content (AvgIpc) is 2.59. The number of aliphatic hydroxyl groups excluding tert-OH is 1. The summed E-state index contributed by atoms with van der Waals surface area (Å²) in [6, 6.07) is 8.36. The van der Waals surface area contributed by atoms with E-state index >= 15 is 0 Å². The number of benzene rings is 1. The highest BCUT2D eigenvalue weighted by Gasteiger charge is 2.27. The van der Waals surface area contributed by atoms with Crippen LogP contribution in [0.5, 0.6) is 0 Å². The molecule has 1 unspecified atom stereocenters. The monoisotopic (exact) mass is 318 g/mol. The van der Waals surface area contributed by atoms with Gasteiger partial charge >= 0.3 is 0 Å². The molecule has 4 heteroatoms. The number of nitrogens with zero attached hydrogens (tertiary/aromatic N) is 1. The van der Waals surface area contributed by atoms with Gasteiger partial charge in [-0.3, -0.25) is 4.79 Å². The van der Waals surface area contributed by atoms with Crippen molar-refractivity contribution in [2.24, 2.45) is 5.92 Å². The molecule has 1 aromatic rings. The molecule has 1 aromatic carbocycles. The Balaban J connectivity index is 1.92. The average molecular weight is 318 g/mol. The first-order chi connectivity index (χ1) is 11.0. The number of likely N-dealkylation sites (tertiary alicyclic amines) is 1. The van der Waals surface area contributed by atoms with Crippen LogP contribution in [0.25, 0.3) is 0 Å². The lowest BCUT2D eigenvalue weighted by Crippen LogP contribution is -2.44. The summed E-state index contributed by atoms with van der Waals surface area (Å²) in [6.07, 6.45) is 2.79. The third-order valence-electron chi connectivity index (χ3n) is 4.92. The maximum absolute atomic E-state index is 12.5. The molecule has 1 amide bonds. The van der Waals surface area contributed by atoms with E-state index < -0.39 is 0 Å². The van der Waals surface area contributed by atoms with Gasteiger partial charge in [-0.15, -0.1) is 0 Å². The number of carbonyl (C=O) groups is 1. The fourth-order valence-corrected chi connectivity index (χ4v) is 3.19. The third-order valence-corrected chi connectivity index (χ3v) is 4.92. The van der Waals surface area contributed by atoms with Gasteiger partial charge in [-0.2, -0.15) is 0 Å². The van der Waals surface area contributed by atoms with E-state index in [0.717, 1.165) is 37.9 Å². The number of carbonyl (C=O) groups excluding carboxylic acids is 1. The molecule has 1 heterocycles. The van der Waals surface area contributed by atoms with E-state index in [1.807, 2.05) is 12.1 Å². The molecule has 1 atom stereocenters. The molecule has 1 fully saturated rings. The van der Waals surface area contributed by atoms with Crippen molar-refractivity contribution in [2.45, 2.75) is 52.1 Å². The summed E-state index contributed by atoms with van der Waals surface area (Å²) >= 11 is 0. The summed E-state index contributed by atoms with van der Waals surface area (Å²) < 4.78 is 0. The van der Waals surface area contributed by atoms with Gasteiger partial charge in [-0.05, 0) is 57.3 Å². The van der Waals surface area contributed by atoms with E-state index in [0.29, 0.717) is 6.04 Å². The van der Waals surface area contributed by atoms with Gasteiger partial charge in [0.25, 0.3) is 0 Å². The van der Waals surface area contributed by atoms with Crippen LogP contribution >= 0.6 is 0 Å². The molecule has 1 aliphatic rings. The molecule has 1 aliphatic heterocycles. The van der Waals surface area contributed by atoms with E-state index in [1.54, 1.807) is 0 Å². The number of aryl methyl sites for hydroxylation is 1. The van der Waals surface area contributed by atoms with Crippen molar-refractivity contribution in [3.8, 4) is 0 Å². The van der Waals surface area contributed by atoms with Crippen molar-refractivity contribution in [2.75, 3.05) is 19.7 Å². The highest BCUT2D eigenvalue weighted by molar-refractivity contribution is 5.79. The normalized spacial score (nSPS) is 18.1. The van der Waals surface area contributed by atoms with Crippen LogP contribution in [0.2, 0.25) is 0 Å². The van der Waals surface area contributed by atoms with Crippen LogP contribution in [0, 0.1) is 5.92 Å². The van der Waals surface area contributed by atoms with Gasteiger partial charge in [-0.25, -0.2) is 0 Å². The molecule has 2 N–H and O–H groups in total. The Labute approximate surface area is 139 Å². The van der Waals surface area contributed by atoms with Crippen molar-refractivity contribution in [3.63, 3.8) is 0 Å². The Kier molecular flexibility index (Phi) is 6.60. The highest BCUT2D eigenvalue weighted by atomic mass is 16.3. The molecule has 0 spiro atoms. The van der Waals surface area contributed by atoms with Crippen molar-refractivity contribution in [3.05, 3.63) is 35.4 Å². The first-order valence-corrected chi connectivity index (χ1v) is 8.79. The van der Waals surface area contributed by atoms with E-state index in [-0.39, 0.29) is 24.5 Å².